The summed E-state index contributed by atoms with van der Waals surface area (Å²) in [6, 6.07) is 15.3. The van der Waals surface area contributed by atoms with Gasteiger partial charge in [0.1, 0.15) is 6.04 Å². The molecule has 0 aromatic heterocycles. The van der Waals surface area contributed by atoms with E-state index in [0.717, 1.165) is 21.9 Å². The van der Waals surface area contributed by atoms with E-state index >= 15 is 0 Å². The molecule has 0 bridgehead atoms. The molecule has 126 valence electrons. The van der Waals surface area contributed by atoms with Crippen molar-refractivity contribution in [3.63, 3.8) is 0 Å². The van der Waals surface area contributed by atoms with Gasteiger partial charge in [0.05, 0.1) is 4.90 Å². The Bertz CT molecular complexity index is 816. The third-order valence-corrected chi connectivity index (χ3v) is 6.23. The van der Waals surface area contributed by atoms with Crippen LogP contribution in [0.3, 0.4) is 0 Å². The van der Waals surface area contributed by atoms with Gasteiger partial charge in [-0.25, -0.2) is 8.42 Å². The van der Waals surface area contributed by atoms with E-state index in [1.165, 1.54) is 0 Å². The van der Waals surface area contributed by atoms with Crippen molar-refractivity contribution >= 4 is 16.0 Å². The maximum atomic E-state index is 12.8. The monoisotopic (exact) mass is 345 g/mol. The third-order valence-electron chi connectivity index (χ3n) is 4.31. The summed E-state index contributed by atoms with van der Waals surface area (Å²) in [5.41, 5.74) is 1.92. The normalized spacial score (nSPS) is 19.1. The first-order valence-electron chi connectivity index (χ1n) is 7.90. The quantitative estimate of drug-likeness (QED) is 0.924. The highest BCUT2D eigenvalue weighted by Crippen LogP contribution is 2.27. The zero-order chi connectivity index (χ0) is 17.2. The van der Waals surface area contributed by atoms with Crippen LogP contribution >= 0.6 is 0 Å². The molecule has 1 atom stereocenters. The minimum absolute atomic E-state index is 0.135. The highest BCUT2D eigenvalue weighted by atomic mass is 32.2. The number of rotatable bonds is 4. The van der Waals surface area contributed by atoms with Crippen LogP contribution in [-0.2, 0) is 14.8 Å². The lowest BCUT2D eigenvalue weighted by atomic mass is 10.1. The summed E-state index contributed by atoms with van der Waals surface area (Å²) >= 11 is 0. The number of hydrogen-bond acceptors (Lipinski definition) is 3. The fourth-order valence-corrected chi connectivity index (χ4v) is 4.68. The fourth-order valence-electron chi connectivity index (χ4n) is 3.02. The summed E-state index contributed by atoms with van der Waals surface area (Å²) < 4.78 is 26.7. The van der Waals surface area contributed by atoms with E-state index in [2.05, 4.69) is 0 Å². The molecule has 0 radical (unpaired) electrons. The van der Waals surface area contributed by atoms with E-state index in [4.69, 9.17) is 0 Å². The lowest BCUT2D eigenvalue weighted by molar-refractivity contribution is -0.142. The molecular weight excluding hydrogens is 326 g/mol. The Kier molecular flexibility index (Phi) is 4.69. The lowest BCUT2D eigenvalue weighted by Crippen LogP contribution is -2.47. The van der Waals surface area contributed by atoms with Crippen molar-refractivity contribution in [2.24, 2.45) is 0 Å². The van der Waals surface area contributed by atoms with Crippen LogP contribution in [0.4, 0.5) is 0 Å². The molecule has 3 rings (SSSR count). The Morgan fingerprint density at radius 2 is 1.58 bits per heavy atom. The van der Waals surface area contributed by atoms with Crippen LogP contribution in [0.1, 0.15) is 19.3 Å². The second-order valence-corrected chi connectivity index (χ2v) is 7.75. The molecule has 6 heteroatoms. The molecule has 24 heavy (non-hydrogen) atoms. The molecule has 1 aliphatic heterocycles. The topological polar surface area (TPSA) is 74.7 Å². The molecule has 5 nitrogen and oxygen atoms in total. The highest BCUT2D eigenvalue weighted by molar-refractivity contribution is 7.89. The molecule has 1 fully saturated rings. The first-order chi connectivity index (χ1) is 11.5. The van der Waals surface area contributed by atoms with Gasteiger partial charge in [0.25, 0.3) is 0 Å². The van der Waals surface area contributed by atoms with Crippen LogP contribution < -0.4 is 0 Å². The molecule has 1 heterocycles. The summed E-state index contributed by atoms with van der Waals surface area (Å²) in [6.45, 7) is 0.250. The van der Waals surface area contributed by atoms with Gasteiger partial charge < -0.3 is 5.11 Å². The van der Waals surface area contributed by atoms with Gasteiger partial charge in [0.15, 0.2) is 0 Å². The summed E-state index contributed by atoms with van der Waals surface area (Å²) in [7, 11) is -3.80. The zero-order valence-electron chi connectivity index (χ0n) is 13.1. The van der Waals surface area contributed by atoms with Crippen LogP contribution in [-0.4, -0.2) is 36.4 Å². The Labute approximate surface area is 141 Å². The van der Waals surface area contributed by atoms with Gasteiger partial charge >= 0.3 is 5.97 Å². The summed E-state index contributed by atoms with van der Waals surface area (Å²) in [4.78, 5) is 11.5. The number of benzene rings is 2. The van der Waals surface area contributed by atoms with Gasteiger partial charge in [0, 0.05) is 6.54 Å². The Balaban J connectivity index is 1.91. The third kappa shape index (κ3) is 3.20. The molecule has 0 aliphatic carbocycles. The number of carboxylic acid groups (broad SMARTS) is 1. The average molecular weight is 345 g/mol. The molecule has 0 saturated carbocycles. The summed E-state index contributed by atoms with van der Waals surface area (Å²) in [6.07, 6.45) is 1.78. The molecule has 1 aliphatic rings. The van der Waals surface area contributed by atoms with Crippen LogP contribution in [0.2, 0.25) is 0 Å². The average Bonchev–Trinajstić information content (AvgIpc) is 2.62. The molecule has 1 unspecified atom stereocenters. The molecule has 0 spiro atoms. The van der Waals surface area contributed by atoms with Crippen molar-refractivity contribution in [1.82, 2.24) is 4.31 Å². The number of aliphatic carboxylic acids is 1. The first kappa shape index (κ1) is 16.7. The van der Waals surface area contributed by atoms with Crippen molar-refractivity contribution in [3.05, 3.63) is 54.6 Å². The van der Waals surface area contributed by atoms with E-state index in [0.29, 0.717) is 12.8 Å². The SMILES string of the molecule is O=C(O)C1CCCCN1S(=O)(=O)c1ccc(-c2ccccc2)cc1. The smallest absolute Gasteiger partial charge is 0.322 e. The number of sulfonamides is 1. The van der Waals surface area contributed by atoms with E-state index in [-0.39, 0.29) is 11.4 Å². The Hall–Kier alpha value is -2.18. The van der Waals surface area contributed by atoms with Gasteiger partial charge in [-0.2, -0.15) is 4.31 Å². The van der Waals surface area contributed by atoms with E-state index in [1.54, 1.807) is 24.3 Å². The Morgan fingerprint density at radius 1 is 0.958 bits per heavy atom. The number of hydrogen-bond donors (Lipinski definition) is 1. The minimum atomic E-state index is -3.80. The number of carbonyl (C=O) groups is 1. The van der Waals surface area contributed by atoms with Crippen LogP contribution in [0.25, 0.3) is 11.1 Å². The predicted octanol–water partition coefficient (Wildman–Crippen LogP) is 2.98. The lowest BCUT2D eigenvalue weighted by Gasteiger charge is -2.31. The molecule has 2 aromatic carbocycles. The summed E-state index contributed by atoms with van der Waals surface area (Å²) in [5.74, 6) is -1.08. The standard InChI is InChI=1S/C18H19NO4S/c20-18(21)17-8-4-5-13-19(17)24(22,23)16-11-9-15(10-12-16)14-6-2-1-3-7-14/h1-3,6-7,9-12,17H,4-5,8,13H2,(H,20,21). The number of nitrogens with zero attached hydrogens (tertiary/aromatic N) is 1. The van der Waals surface area contributed by atoms with Crippen LogP contribution in [0, 0.1) is 0 Å². The second-order valence-electron chi connectivity index (χ2n) is 5.86. The van der Waals surface area contributed by atoms with Crippen molar-refractivity contribution in [3.8, 4) is 11.1 Å². The number of piperidine rings is 1. The van der Waals surface area contributed by atoms with Crippen LogP contribution in [0.5, 0.6) is 0 Å². The molecule has 0 amide bonds. The van der Waals surface area contributed by atoms with E-state index in [9.17, 15) is 18.3 Å². The predicted molar refractivity (Wildman–Crippen MR) is 91.0 cm³/mol. The molecule has 1 N–H and O–H groups in total. The summed E-state index contributed by atoms with van der Waals surface area (Å²) in [5, 5.41) is 9.31. The highest BCUT2D eigenvalue weighted by Gasteiger charge is 2.37. The van der Waals surface area contributed by atoms with Gasteiger partial charge in [-0.15, -0.1) is 0 Å². The maximum absolute atomic E-state index is 12.8. The molecule has 2 aromatic rings. The minimum Gasteiger partial charge on any atom is -0.480 e. The van der Waals surface area contributed by atoms with Gasteiger partial charge in [0.2, 0.25) is 10.0 Å². The van der Waals surface area contributed by atoms with Crippen LogP contribution in [0.15, 0.2) is 59.5 Å². The zero-order valence-corrected chi connectivity index (χ0v) is 13.9. The molecular formula is C18H19NO4S. The van der Waals surface area contributed by atoms with Crippen molar-refractivity contribution in [1.29, 1.82) is 0 Å². The van der Waals surface area contributed by atoms with Gasteiger partial charge in [-0.05, 0) is 42.5 Å². The molecule has 1 saturated heterocycles. The van der Waals surface area contributed by atoms with Crippen molar-refractivity contribution in [2.75, 3.05) is 6.54 Å². The second kappa shape index (κ2) is 6.75. The van der Waals surface area contributed by atoms with Crippen molar-refractivity contribution in [2.45, 2.75) is 30.2 Å². The van der Waals surface area contributed by atoms with Crippen molar-refractivity contribution < 1.29 is 18.3 Å². The van der Waals surface area contributed by atoms with Gasteiger partial charge in [-0.3, -0.25) is 4.79 Å². The largest absolute Gasteiger partial charge is 0.480 e. The fraction of sp³-hybridized carbons (Fsp3) is 0.278. The maximum Gasteiger partial charge on any atom is 0.322 e. The number of carboxylic acids is 1. The van der Waals surface area contributed by atoms with E-state index in [1.807, 2.05) is 30.3 Å². The first-order valence-corrected chi connectivity index (χ1v) is 9.34. The van der Waals surface area contributed by atoms with E-state index < -0.39 is 22.0 Å². The Morgan fingerprint density at radius 3 is 2.21 bits per heavy atom. The van der Waals surface area contributed by atoms with Gasteiger partial charge in [-0.1, -0.05) is 42.5 Å².